The molecule has 88 valence electrons. The Hall–Kier alpha value is -1.45. The van der Waals surface area contributed by atoms with Gasteiger partial charge in [0, 0.05) is 32.0 Å². The fourth-order valence-corrected chi connectivity index (χ4v) is 1.75. The van der Waals surface area contributed by atoms with E-state index in [0.717, 1.165) is 18.4 Å². The van der Waals surface area contributed by atoms with Crippen LogP contribution in [0.1, 0.15) is 19.0 Å². The summed E-state index contributed by atoms with van der Waals surface area (Å²) in [6.07, 6.45) is 3.31. The molecule has 0 radical (unpaired) electrons. The lowest BCUT2D eigenvalue weighted by atomic mass is 10.4. The first-order chi connectivity index (χ1) is 7.70. The molecule has 1 aliphatic carbocycles. The van der Waals surface area contributed by atoms with Crippen molar-refractivity contribution in [2.24, 2.45) is 18.0 Å². The maximum atomic E-state index is 4.22. The summed E-state index contributed by atoms with van der Waals surface area (Å²) >= 11 is 0. The second-order valence-corrected chi connectivity index (χ2v) is 4.50. The highest BCUT2D eigenvalue weighted by atomic mass is 15.2. The molecular formula is C12H20N4. The van der Waals surface area contributed by atoms with Gasteiger partial charge in [-0.2, -0.15) is 0 Å². The maximum absolute atomic E-state index is 4.22. The number of guanidine groups is 1. The lowest BCUT2D eigenvalue weighted by Crippen LogP contribution is -2.38. The van der Waals surface area contributed by atoms with Gasteiger partial charge in [-0.25, -0.2) is 0 Å². The molecule has 4 nitrogen and oxygen atoms in total. The average molecular weight is 220 g/mol. The van der Waals surface area contributed by atoms with Crippen LogP contribution in [-0.2, 0) is 13.6 Å². The van der Waals surface area contributed by atoms with Crippen LogP contribution in [0.3, 0.4) is 0 Å². The summed E-state index contributed by atoms with van der Waals surface area (Å²) in [5.41, 5.74) is 1.26. The molecule has 0 aromatic carbocycles. The molecule has 1 aromatic heterocycles. The smallest absolute Gasteiger partial charge is 0.191 e. The molecule has 1 aromatic rings. The molecular weight excluding hydrogens is 200 g/mol. The van der Waals surface area contributed by atoms with Gasteiger partial charge in [-0.15, -0.1) is 0 Å². The molecule has 1 fully saturated rings. The standard InChI is InChI=1S/C12H20N4/c1-9-7-11(9)15-12(13-2)14-8-10-5-4-6-16(10)3/h4-6,9,11H,7-8H2,1-3H3,(H2,13,14,15). The second-order valence-electron chi connectivity index (χ2n) is 4.50. The number of hydrogen-bond donors (Lipinski definition) is 2. The van der Waals surface area contributed by atoms with Crippen LogP contribution in [0.4, 0.5) is 0 Å². The van der Waals surface area contributed by atoms with Crippen molar-refractivity contribution in [3.05, 3.63) is 24.0 Å². The van der Waals surface area contributed by atoms with Gasteiger partial charge < -0.3 is 15.2 Å². The predicted molar refractivity (Wildman–Crippen MR) is 66.3 cm³/mol. The summed E-state index contributed by atoms with van der Waals surface area (Å²) in [4.78, 5) is 4.22. The summed E-state index contributed by atoms with van der Waals surface area (Å²) in [7, 11) is 3.86. The Morgan fingerprint density at radius 1 is 1.62 bits per heavy atom. The van der Waals surface area contributed by atoms with Crippen molar-refractivity contribution in [2.45, 2.75) is 25.9 Å². The summed E-state index contributed by atoms with van der Waals surface area (Å²) in [5, 5.41) is 6.72. The third-order valence-corrected chi connectivity index (χ3v) is 3.14. The van der Waals surface area contributed by atoms with Crippen molar-refractivity contribution < 1.29 is 0 Å². The third kappa shape index (κ3) is 2.56. The number of hydrogen-bond acceptors (Lipinski definition) is 1. The fourth-order valence-electron chi connectivity index (χ4n) is 1.75. The Balaban J connectivity index is 1.81. The van der Waals surface area contributed by atoms with Crippen molar-refractivity contribution in [3.63, 3.8) is 0 Å². The highest BCUT2D eigenvalue weighted by molar-refractivity contribution is 5.80. The largest absolute Gasteiger partial charge is 0.353 e. The van der Waals surface area contributed by atoms with Gasteiger partial charge >= 0.3 is 0 Å². The third-order valence-electron chi connectivity index (χ3n) is 3.14. The van der Waals surface area contributed by atoms with E-state index < -0.39 is 0 Å². The van der Waals surface area contributed by atoms with E-state index in [1.807, 2.05) is 7.05 Å². The molecule has 1 saturated carbocycles. The number of rotatable bonds is 3. The lowest BCUT2D eigenvalue weighted by Gasteiger charge is -2.11. The molecule has 2 rings (SSSR count). The molecule has 4 heteroatoms. The minimum Gasteiger partial charge on any atom is -0.353 e. The number of nitrogens with zero attached hydrogens (tertiary/aromatic N) is 2. The summed E-state index contributed by atoms with van der Waals surface area (Å²) < 4.78 is 2.11. The normalized spacial score (nSPS) is 24.3. The van der Waals surface area contributed by atoms with Crippen molar-refractivity contribution >= 4 is 5.96 Å². The molecule has 2 N–H and O–H groups in total. The summed E-state index contributed by atoms with van der Waals surface area (Å²) in [5.74, 6) is 1.68. The van der Waals surface area contributed by atoms with Crippen LogP contribution in [0.5, 0.6) is 0 Å². The van der Waals surface area contributed by atoms with Gasteiger partial charge in [-0.3, -0.25) is 4.99 Å². The SMILES string of the molecule is CN=C(NCc1cccn1C)NC1CC1C. The quantitative estimate of drug-likeness (QED) is 0.591. The Labute approximate surface area is 96.8 Å². The number of aryl methyl sites for hydroxylation is 1. The molecule has 0 amide bonds. The molecule has 0 aliphatic heterocycles. The highest BCUT2D eigenvalue weighted by Crippen LogP contribution is 2.28. The maximum Gasteiger partial charge on any atom is 0.191 e. The monoisotopic (exact) mass is 220 g/mol. The molecule has 0 bridgehead atoms. The fraction of sp³-hybridized carbons (Fsp3) is 0.583. The first-order valence-corrected chi connectivity index (χ1v) is 5.78. The van der Waals surface area contributed by atoms with Crippen LogP contribution >= 0.6 is 0 Å². The second kappa shape index (κ2) is 4.60. The van der Waals surface area contributed by atoms with E-state index in [9.17, 15) is 0 Å². The van der Waals surface area contributed by atoms with Gasteiger partial charge in [-0.1, -0.05) is 6.92 Å². The van der Waals surface area contributed by atoms with E-state index in [2.05, 4.69) is 52.5 Å². The topological polar surface area (TPSA) is 41.4 Å². The van der Waals surface area contributed by atoms with Crippen LogP contribution < -0.4 is 10.6 Å². The lowest BCUT2D eigenvalue weighted by molar-refractivity contribution is 0.733. The van der Waals surface area contributed by atoms with Crippen LogP contribution in [0.2, 0.25) is 0 Å². The van der Waals surface area contributed by atoms with Gasteiger partial charge in [0.05, 0.1) is 6.54 Å². The number of aliphatic imine (C=N–C) groups is 1. The van der Waals surface area contributed by atoms with Crippen LogP contribution in [0.25, 0.3) is 0 Å². The minimum atomic E-state index is 0.611. The van der Waals surface area contributed by atoms with E-state index in [1.54, 1.807) is 0 Å². The predicted octanol–water partition coefficient (Wildman–Crippen LogP) is 1.10. The van der Waals surface area contributed by atoms with Gasteiger partial charge in [0.15, 0.2) is 5.96 Å². The zero-order chi connectivity index (χ0) is 11.5. The first-order valence-electron chi connectivity index (χ1n) is 5.78. The Kier molecular flexibility index (Phi) is 3.17. The number of aromatic nitrogens is 1. The highest BCUT2D eigenvalue weighted by Gasteiger charge is 2.33. The molecule has 2 atom stereocenters. The average Bonchev–Trinajstić information content (AvgIpc) is 2.79. The van der Waals surface area contributed by atoms with E-state index in [1.165, 1.54) is 12.1 Å². The zero-order valence-corrected chi connectivity index (χ0v) is 10.2. The van der Waals surface area contributed by atoms with Crippen molar-refractivity contribution in [1.29, 1.82) is 0 Å². The Morgan fingerprint density at radius 2 is 2.38 bits per heavy atom. The molecule has 0 spiro atoms. The van der Waals surface area contributed by atoms with E-state index >= 15 is 0 Å². The van der Waals surface area contributed by atoms with Crippen molar-refractivity contribution in [1.82, 2.24) is 15.2 Å². The van der Waals surface area contributed by atoms with Gasteiger partial charge in [-0.05, 0) is 24.5 Å². The van der Waals surface area contributed by atoms with Crippen molar-refractivity contribution in [2.75, 3.05) is 7.05 Å². The van der Waals surface area contributed by atoms with Crippen molar-refractivity contribution in [3.8, 4) is 0 Å². The molecule has 0 saturated heterocycles. The van der Waals surface area contributed by atoms with Crippen LogP contribution in [0, 0.1) is 5.92 Å². The van der Waals surface area contributed by atoms with Gasteiger partial charge in [0.1, 0.15) is 0 Å². The molecule has 2 unspecified atom stereocenters. The van der Waals surface area contributed by atoms with Crippen LogP contribution in [0.15, 0.2) is 23.3 Å². The summed E-state index contributed by atoms with van der Waals surface area (Å²) in [6.45, 7) is 3.06. The first kappa shape index (κ1) is 11.0. The Morgan fingerprint density at radius 3 is 2.88 bits per heavy atom. The molecule has 1 heterocycles. The number of nitrogens with one attached hydrogen (secondary N) is 2. The minimum absolute atomic E-state index is 0.611. The van der Waals surface area contributed by atoms with E-state index in [4.69, 9.17) is 0 Å². The van der Waals surface area contributed by atoms with Crippen LogP contribution in [-0.4, -0.2) is 23.6 Å². The van der Waals surface area contributed by atoms with E-state index in [-0.39, 0.29) is 0 Å². The molecule has 1 aliphatic rings. The summed E-state index contributed by atoms with van der Waals surface area (Å²) in [6, 6.07) is 4.77. The zero-order valence-electron chi connectivity index (χ0n) is 10.2. The Bertz CT molecular complexity index is 380. The van der Waals surface area contributed by atoms with Gasteiger partial charge in [0.2, 0.25) is 0 Å². The van der Waals surface area contributed by atoms with Gasteiger partial charge in [0.25, 0.3) is 0 Å². The molecule has 16 heavy (non-hydrogen) atoms. The van der Waals surface area contributed by atoms with E-state index in [0.29, 0.717) is 6.04 Å².